The molecule has 0 aromatic rings. The van der Waals surface area contributed by atoms with Crippen LogP contribution in [0.2, 0.25) is 0 Å². The van der Waals surface area contributed by atoms with Crippen molar-refractivity contribution in [2.75, 3.05) is 19.3 Å². The van der Waals surface area contributed by atoms with Gasteiger partial charge in [-0.05, 0) is 56.3 Å². The number of sulfonamides is 1. The fraction of sp³-hybridized carbons (Fsp3) is 1.00. The molecular weight excluding hydrogens is 326 g/mol. The smallest absolute Gasteiger partial charge is 0.211 e. The summed E-state index contributed by atoms with van der Waals surface area (Å²) < 4.78 is 25.0. The SMILES string of the molecule is CC1CCC(Br)C(CC2CCCN(S(C)(=O)=O)C2)C1. The number of nitrogens with zero attached hydrogens (tertiary/aromatic N) is 1. The van der Waals surface area contributed by atoms with Gasteiger partial charge in [0.25, 0.3) is 0 Å². The first kappa shape index (κ1) is 15.8. The summed E-state index contributed by atoms with van der Waals surface area (Å²) in [6.07, 6.45) is 8.63. The van der Waals surface area contributed by atoms with Crippen LogP contribution in [-0.4, -0.2) is 36.9 Å². The Morgan fingerprint density at radius 1 is 1.26 bits per heavy atom. The number of hydrogen-bond donors (Lipinski definition) is 0. The van der Waals surface area contributed by atoms with Crippen molar-refractivity contribution in [2.24, 2.45) is 17.8 Å². The average molecular weight is 352 g/mol. The molecule has 0 N–H and O–H groups in total. The number of piperidine rings is 1. The first-order valence-corrected chi connectivity index (χ1v) is 10.2. The Bertz CT molecular complexity index is 398. The van der Waals surface area contributed by atoms with Crippen LogP contribution in [0.4, 0.5) is 0 Å². The fourth-order valence-electron chi connectivity index (χ4n) is 3.65. The highest BCUT2D eigenvalue weighted by Crippen LogP contribution is 2.38. The Morgan fingerprint density at radius 2 is 2.00 bits per heavy atom. The third-order valence-corrected chi connectivity index (χ3v) is 7.21. The molecule has 0 amide bonds. The lowest BCUT2D eigenvalue weighted by atomic mass is 9.77. The topological polar surface area (TPSA) is 37.4 Å². The van der Waals surface area contributed by atoms with Crippen molar-refractivity contribution in [3.8, 4) is 0 Å². The van der Waals surface area contributed by atoms with Gasteiger partial charge in [-0.2, -0.15) is 0 Å². The highest BCUT2D eigenvalue weighted by atomic mass is 79.9. The fourth-order valence-corrected chi connectivity index (χ4v) is 5.29. The lowest BCUT2D eigenvalue weighted by molar-refractivity contribution is 0.195. The molecule has 19 heavy (non-hydrogen) atoms. The first-order valence-electron chi connectivity index (χ1n) is 7.45. The highest BCUT2D eigenvalue weighted by Gasteiger charge is 2.32. The molecule has 0 bridgehead atoms. The van der Waals surface area contributed by atoms with Crippen molar-refractivity contribution in [3.05, 3.63) is 0 Å². The molecule has 5 heteroatoms. The minimum Gasteiger partial charge on any atom is -0.213 e. The van der Waals surface area contributed by atoms with Gasteiger partial charge in [0.1, 0.15) is 0 Å². The van der Waals surface area contributed by atoms with E-state index in [1.807, 2.05) is 0 Å². The van der Waals surface area contributed by atoms with Gasteiger partial charge >= 0.3 is 0 Å². The molecule has 3 nitrogen and oxygen atoms in total. The van der Waals surface area contributed by atoms with Crippen molar-refractivity contribution in [3.63, 3.8) is 0 Å². The molecule has 4 atom stereocenters. The molecule has 2 aliphatic rings. The molecule has 0 aromatic heterocycles. The van der Waals surface area contributed by atoms with Crippen molar-refractivity contribution in [1.82, 2.24) is 4.31 Å². The van der Waals surface area contributed by atoms with E-state index in [2.05, 4.69) is 22.9 Å². The van der Waals surface area contributed by atoms with Gasteiger partial charge in [-0.3, -0.25) is 0 Å². The Labute approximate surface area is 126 Å². The Balaban J connectivity index is 1.91. The second-order valence-electron chi connectivity index (χ2n) is 6.56. The minimum absolute atomic E-state index is 0.554. The van der Waals surface area contributed by atoms with E-state index >= 15 is 0 Å². The molecule has 4 unspecified atom stereocenters. The highest BCUT2D eigenvalue weighted by molar-refractivity contribution is 9.09. The Hall–Kier alpha value is 0.390. The van der Waals surface area contributed by atoms with Crippen molar-refractivity contribution in [2.45, 2.75) is 50.3 Å². The van der Waals surface area contributed by atoms with Crippen LogP contribution >= 0.6 is 15.9 Å². The zero-order chi connectivity index (χ0) is 14.0. The second kappa shape index (κ2) is 6.44. The summed E-state index contributed by atoms with van der Waals surface area (Å²) in [5.41, 5.74) is 0. The molecular formula is C14H26BrNO2S. The van der Waals surface area contributed by atoms with E-state index in [1.165, 1.54) is 38.4 Å². The molecule has 0 aromatic carbocycles. The van der Waals surface area contributed by atoms with Gasteiger partial charge in [0, 0.05) is 17.9 Å². The van der Waals surface area contributed by atoms with E-state index in [9.17, 15) is 8.42 Å². The normalized spacial score (nSPS) is 38.3. The predicted octanol–water partition coefficient (Wildman–Crippen LogP) is 3.25. The van der Waals surface area contributed by atoms with Gasteiger partial charge < -0.3 is 0 Å². The largest absolute Gasteiger partial charge is 0.213 e. The van der Waals surface area contributed by atoms with Crippen LogP contribution in [0.5, 0.6) is 0 Å². The molecule has 1 heterocycles. The van der Waals surface area contributed by atoms with E-state index < -0.39 is 10.0 Å². The molecule has 112 valence electrons. The van der Waals surface area contributed by atoms with E-state index in [4.69, 9.17) is 0 Å². The van der Waals surface area contributed by atoms with Crippen molar-refractivity contribution in [1.29, 1.82) is 0 Å². The predicted molar refractivity (Wildman–Crippen MR) is 83.0 cm³/mol. The first-order chi connectivity index (χ1) is 8.86. The third kappa shape index (κ3) is 4.43. The molecule has 0 radical (unpaired) electrons. The maximum atomic E-state index is 11.7. The number of hydrogen-bond acceptors (Lipinski definition) is 2. The Kier molecular flexibility index (Phi) is 5.34. The summed E-state index contributed by atoms with van der Waals surface area (Å²) in [5, 5.41) is 0. The van der Waals surface area contributed by atoms with Crippen LogP contribution in [0.1, 0.15) is 45.4 Å². The second-order valence-corrected chi connectivity index (χ2v) is 9.72. The number of halogens is 1. The summed E-state index contributed by atoms with van der Waals surface area (Å²) in [7, 11) is -3.00. The minimum atomic E-state index is -3.00. The van der Waals surface area contributed by atoms with E-state index in [0.717, 1.165) is 24.8 Å². The molecule has 1 aliphatic carbocycles. The summed E-state index contributed by atoms with van der Waals surface area (Å²) >= 11 is 3.83. The molecule has 2 rings (SSSR count). The Morgan fingerprint density at radius 3 is 2.68 bits per heavy atom. The quantitative estimate of drug-likeness (QED) is 0.731. The molecule has 1 saturated heterocycles. The van der Waals surface area contributed by atoms with Crippen LogP contribution in [0.15, 0.2) is 0 Å². The summed E-state index contributed by atoms with van der Waals surface area (Å²) in [6, 6.07) is 0. The molecule has 2 fully saturated rings. The summed E-state index contributed by atoms with van der Waals surface area (Å²) in [4.78, 5) is 0.636. The number of rotatable bonds is 3. The van der Waals surface area contributed by atoms with Gasteiger partial charge in [0.2, 0.25) is 10.0 Å². The van der Waals surface area contributed by atoms with Crippen molar-refractivity contribution >= 4 is 26.0 Å². The van der Waals surface area contributed by atoms with Crippen LogP contribution in [0, 0.1) is 17.8 Å². The zero-order valence-corrected chi connectivity index (χ0v) is 14.4. The van der Waals surface area contributed by atoms with Crippen LogP contribution < -0.4 is 0 Å². The van der Waals surface area contributed by atoms with Crippen LogP contribution in [-0.2, 0) is 10.0 Å². The van der Waals surface area contributed by atoms with Gasteiger partial charge in [-0.1, -0.05) is 22.9 Å². The van der Waals surface area contributed by atoms with Crippen LogP contribution in [0.25, 0.3) is 0 Å². The lowest BCUT2D eigenvalue weighted by Crippen LogP contribution is -2.40. The van der Waals surface area contributed by atoms with E-state index in [1.54, 1.807) is 4.31 Å². The zero-order valence-electron chi connectivity index (χ0n) is 12.0. The molecule has 1 saturated carbocycles. The van der Waals surface area contributed by atoms with Crippen molar-refractivity contribution < 1.29 is 8.42 Å². The average Bonchev–Trinajstić information content (AvgIpc) is 2.33. The van der Waals surface area contributed by atoms with E-state index in [0.29, 0.717) is 17.3 Å². The third-order valence-electron chi connectivity index (χ3n) is 4.74. The summed E-state index contributed by atoms with van der Waals surface area (Å²) in [5.74, 6) is 2.11. The summed E-state index contributed by atoms with van der Waals surface area (Å²) in [6.45, 7) is 3.80. The maximum absolute atomic E-state index is 11.7. The van der Waals surface area contributed by atoms with Crippen LogP contribution in [0.3, 0.4) is 0 Å². The monoisotopic (exact) mass is 351 g/mol. The van der Waals surface area contributed by atoms with Gasteiger partial charge in [0.05, 0.1) is 6.26 Å². The lowest BCUT2D eigenvalue weighted by Gasteiger charge is -2.37. The van der Waals surface area contributed by atoms with Gasteiger partial charge in [0.15, 0.2) is 0 Å². The molecule has 1 aliphatic heterocycles. The number of alkyl halides is 1. The van der Waals surface area contributed by atoms with Gasteiger partial charge in [-0.15, -0.1) is 0 Å². The van der Waals surface area contributed by atoms with Gasteiger partial charge in [-0.25, -0.2) is 12.7 Å². The molecule has 0 spiro atoms. The standard InChI is InChI=1S/C14H26BrNO2S/c1-11-5-6-14(15)13(8-11)9-12-4-3-7-16(10-12)19(2,17)18/h11-14H,3-10H2,1-2H3. The maximum Gasteiger partial charge on any atom is 0.211 e. The van der Waals surface area contributed by atoms with E-state index in [-0.39, 0.29) is 0 Å².